The van der Waals surface area contributed by atoms with Gasteiger partial charge in [-0.1, -0.05) is 0 Å². The van der Waals surface area contributed by atoms with E-state index in [0.29, 0.717) is 26.3 Å². The van der Waals surface area contributed by atoms with Gasteiger partial charge in [-0.3, -0.25) is 4.79 Å². The number of rotatable bonds is 4. The number of halogens is 1. The number of nitrogens with zero attached hydrogens (tertiary/aromatic N) is 1. The van der Waals surface area contributed by atoms with Gasteiger partial charge in [-0.05, 0) is 37.8 Å². The van der Waals surface area contributed by atoms with Gasteiger partial charge in [0.05, 0.1) is 13.2 Å². The Morgan fingerprint density at radius 2 is 2.12 bits per heavy atom. The predicted octanol–water partition coefficient (Wildman–Crippen LogP) is 1.06. The van der Waals surface area contributed by atoms with Crippen LogP contribution in [0.4, 0.5) is 0 Å². The molecule has 0 bridgehead atoms. The van der Waals surface area contributed by atoms with Crippen molar-refractivity contribution in [3.05, 3.63) is 16.3 Å². The molecule has 0 radical (unpaired) electrons. The van der Waals surface area contributed by atoms with Gasteiger partial charge in [0.1, 0.15) is 9.77 Å². The average Bonchev–Trinajstić information content (AvgIpc) is 3.08. The number of morpholine rings is 1. The predicted molar refractivity (Wildman–Crippen MR) is 99.1 cm³/mol. The Hall–Kier alpha value is -0.710. The Kier molecular flexibility index (Phi) is 7.24. The highest BCUT2D eigenvalue weighted by molar-refractivity contribution is 7.89. The Morgan fingerprint density at radius 1 is 1.40 bits per heavy atom. The number of amides is 1. The summed E-state index contributed by atoms with van der Waals surface area (Å²) in [5.41, 5.74) is 0. The molecule has 10 heteroatoms. The van der Waals surface area contributed by atoms with Crippen LogP contribution in [0.15, 0.2) is 16.3 Å². The molecule has 2 unspecified atom stereocenters. The van der Waals surface area contributed by atoms with Crippen LogP contribution in [-0.2, 0) is 14.8 Å². The van der Waals surface area contributed by atoms with E-state index in [1.807, 2.05) is 6.92 Å². The first-order valence-corrected chi connectivity index (χ1v) is 10.5. The summed E-state index contributed by atoms with van der Waals surface area (Å²) in [6, 6.07) is 1.72. The topological polar surface area (TPSA) is 87.7 Å². The Bertz CT molecular complexity index is 689. The number of piperidine rings is 1. The normalized spacial score (nSPS) is 25.2. The van der Waals surface area contributed by atoms with Crippen molar-refractivity contribution in [1.29, 1.82) is 0 Å². The van der Waals surface area contributed by atoms with Crippen LogP contribution in [0, 0.1) is 0 Å². The molecule has 3 heterocycles. The van der Waals surface area contributed by atoms with Crippen LogP contribution >= 0.6 is 23.7 Å². The highest BCUT2D eigenvalue weighted by Gasteiger charge is 2.32. The minimum atomic E-state index is -3.66. The fourth-order valence-corrected chi connectivity index (χ4v) is 5.78. The van der Waals surface area contributed by atoms with Gasteiger partial charge in [0, 0.05) is 25.2 Å². The molecule has 2 saturated heterocycles. The third-order valence-corrected chi connectivity index (χ3v) is 7.48. The number of hydrogen-bond donors (Lipinski definition) is 2. The first-order valence-electron chi connectivity index (χ1n) is 8.20. The van der Waals surface area contributed by atoms with Crippen LogP contribution in [0.2, 0.25) is 0 Å². The molecular weight excluding hydrogens is 386 g/mol. The lowest BCUT2D eigenvalue weighted by Crippen LogP contribution is -2.52. The van der Waals surface area contributed by atoms with E-state index in [1.54, 1.807) is 5.38 Å². The zero-order valence-corrected chi connectivity index (χ0v) is 16.5. The second-order valence-electron chi connectivity index (χ2n) is 6.10. The second kappa shape index (κ2) is 8.79. The third-order valence-electron chi connectivity index (χ3n) is 4.50. The first-order chi connectivity index (χ1) is 11.5. The van der Waals surface area contributed by atoms with Crippen LogP contribution in [0.1, 0.15) is 29.4 Å². The lowest BCUT2D eigenvalue weighted by Gasteiger charge is -2.30. The number of hydrogen-bond acceptors (Lipinski definition) is 6. The van der Waals surface area contributed by atoms with Gasteiger partial charge in [-0.2, -0.15) is 4.31 Å². The zero-order chi connectivity index (χ0) is 17.2. The van der Waals surface area contributed by atoms with Crippen LogP contribution in [-0.4, -0.2) is 63.6 Å². The van der Waals surface area contributed by atoms with Crippen LogP contribution in [0.5, 0.6) is 0 Å². The summed E-state index contributed by atoms with van der Waals surface area (Å²) in [5, 5.41) is 7.97. The summed E-state index contributed by atoms with van der Waals surface area (Å²) in [6.45, 7) is 4.39. The molecule has 1 aromatic heterocycles. The van der Waals surface area contributed by atoms with Crippen molar-refractivity contribution in [1.82, 2.24) is 14.9 Å². The average molecular weight is 410 g/mol. The van der Waals surface area contributed by atoms with Crippen molar-refractivity contribution in [2.24, 2.45) is 0 Å². The molecule has 1 amide bonds. The van der Waals surface area contributed by atoms with E-state index < -0.39 is 10.0 Å². The minimum absolute atomic E-state index is 0. The van der Waals surface area contributed by atoms with Gasteiger partial charge in [-0.25, -0.2) is 8.42 Å². The van der Waals surface area contributed by atoms with Crippen LogP contribution in [0.3, 0.4) is 0 Å². The fourth-order valence-electron chi connectivity index (χ4n) is 3.07. The van der Waals surface area contributed by atoms with E-state index in [-0.39, 0.29) is 40.2 Å². The number of ether oxygens (including phenoxy) is 1. The molecular formula is C15H24ClN3O4S2. The smallest absolute Gasteiger partial charge is 0.263 e. The molecule has 2 atom stereocenters. The highest BCUT2D eigenvalue weighted by Crippen LogP contribution is 2.26. The zero-order valence-electron chi connectivity index (χ0n) is 14.1. The molecule has 1 aromatic rings. The van der Waals surface area contributed by atoms with E-state index in [0.717, 1.165) is 19.4 Å². The van der Waals surface area contributed by atoms with Crippen molar-refractivity contribution in [2.45, 2.75) is 36.7 Å². The summed E-state index contributed by atoms with van der Waals surface area (Å²) in [5.74, 6) is -0.308. The summed E-state index contributed by atoms with van der Waals surface area (Å²) in [4.78, 5) is 13.0. The Morgan fingerprint density at radius 3 is 2.80 bits per heavy atom. The maximum Gasteiger partial charge on any atom is 0.263 e. The molecule has 0 saturated carbocycles. The molecule has 2 aliphatic heterocycles. The van der Waals surface area contributed by atoms with Crippen molar-refractivity contribution < 1.29 is 17.9 Å². The van der Waals surface area contributed by atoms with Gasteiger partial charge in [0.15, 0.2) is 0 Å². The Balaban J connectivity index is 0.00000225. The molecule has 2 aliphatic rings. The number of carbonyl (C=O) groups is 1. The minimum Gasteiger partial charge on any atom is -0.379 e. The molecule has 0 aromatic carbocycles. The molecule has 0 spiro atoms. The maximum atomic E-state index is 12.8. The van der Waals surface area contributed by atoms with E-state index in [2.05, 4.69) is 10.6 Å². The van der Waals surface area contributed by atoms with E-state index in [9.17, 15) is 13.2 Å². The third kappa shape index (κ3) is 4.53. The van der Waals surface area contributed by atoms with E-state index >= 15 is 0 Å². The van der Waals surface area contributed by atoms with Gasteiger partial charge in [-0.15, -0.1) is 23.7 Å². The largest absolute Gasteiger partial charge is 0.379 e. The van der Waals surface area contributed by atoms with Crippen LogP contribution in [0.25, 0.3) is 0 Å². The van der Waals surface area contributed by atoms with Crippen molar-refractivity contribution in [2.75, 3.05) is 32.8 Å². The van der Waals surface area contributed by atoms with Gasteiger partial charge >= 0.3 is 0 Å². The molecule has 3 rings (SSSR count). The quantitative estimate of drug-likeness (QED) is 0.776. The molecule has 7 nitrogen and oxygen atoms in total. The first kappa shape index (κ1) is 20.6. The van der Waals surface area contributed by atoms with Gasteiger partial charge < -0.3 is 15.4 Å². The summed E-state index contributed by atoms with van der Waals surface area (Å²) >= 11 is 1.17. The number of nitrogens with one attached hydrogen (secondary N) is 2. The highest BCUT2D eigenvalue weighted by atomic mass is 35.5. The molecule has 25 heavy (non-hydrogen) atoms. The molecule has 142 valence electrons. The molecule has 2 fully saturated rings. The number of sulfonamides is 1. The van der Waals surface area contributed by atoms with Gasteiger partial charge in [0.25, 0.3) is 5.91 Å². The standard InChI is InChI=1S/C15H23N3O4S2.ClH/c1-11-12(3-2-5-16-11)17-15(19)14-13(4-10-23-14)24(20,21)18-6-8-22-9-7-18;/h4,10-12,16H,2-3,5-9H2,1H3,(H,17,19);1H. The second-order valence-corrected chi connectivity index (χ2v) is 8.92. The van der Waals surface area contributed by atoms with Gasteiger partial charge in [0.2, 0.25) is 10.0 Å². The summed E-state index contributed by atoms with van der Waals surface area (Å²) in [7, 11) is -3.66. The SMILES string of the molecule is CC1NCCCC1NC(=O)c1sccc1S(=O)(=O)N1CCOCC1.Cl. The lowest BCUT2D eigenvalue weighted by molar-refractivity contribution is 0.0730. The lowest BCUT2D eigenvalue weighted by atomic mass is 10.00. The molecule has 2 N–H and O–H groups in total. The van der Waals surface area contributed by atoms with E-state index in [4.69, 9.17) is 4.74 Å². The maximum absolute atomic E-state index is 12.8. The Labute approximate surface area is 158 Å². The summed E-state index contributed by atoms with van der Waals surface area (Å²) < 4.78 is 32.2. The fraction of sp³-hybridized carbons (Fsp3) is 0.667. The molecule has 0 aliphatic carbocycles. The van der Waals surface area contributed by atoms with E-state index in [1.165, 1.54) is 21.7 Å². The number of thiophene rings is 1. The monoisotopic (exact) mass is 409 g/mol. The number of carbonyl (C=O) groups excluding carboxylic acids is 1. The van der Waals surface area contributed by atoms with Crippen LogP contribution < -0.4 is 10.6 Å². The van der Waals surface area contributed by atoms with Crippen molar-refractivity contribution in [3.63, 3.8) is 0 Å². The summed E-state index contributed by atoms with van der Waals surface area (Å²) in [6.07, 6.45) is 1.90. The van der Waals surface area contributed by atoms with Crippen molar-refractivity contribution >= 4 is 39.7 Å². The van der Waals surface area contributed by atoms with Crippen molar-refractivity contribution in [3.8, 4) is 0 Å².